The molecule has 3 aromatic heterocycles. The highest BCUT2D eigenvalue weighted by Gasteiger charge is 2.17. The topological polar surface area (TPSA) is 25.8 Å². The molecule has 11 aromatic rings. The monoisotopic (exact) mass is 644 g/mol. The maximum Gasteiger partial charge on any atom is 0.0973 e. The molecule has 3 heterocycles. The van der Waals surface area contributed by atoms with E-state index in [1.54, 1.807) is 0 Å². The molecule has 0 aliphatic carbocycles. The maximum atomic E-state index is 5.26. The highest BCUT2D eigenvalue weighted by molar-refractivity contribution is 7.26. The van der Waals surface area contributed by atoms with Gasteiger partial charge < -0.3 is 0 Å². The summed E-state index contributed by atoms with van der Waals surface area (Å²) in [5.74, 6) is 0. The van der Waals surface area contributed by atoms with Crippen LogP contribution in [0.25, 0.3) is 106 Å². The van der Waals surface area contributed by atoms with Gasteiger partial charge in [-0.15, -0.1) is 22.7 Å². The Morgan fingerprint density at radius 2 is 0.875 bits per heavy atom. The van der Waals surface area contributed by atoms with Gasteiger partial charge in [-0.1, -0.05) is 109 Å². The summed E-state index contributed by atoms with van der Waals surface area (Å²) in [6.07, 6.45) is 0. The Labute approximate surface area is 283 Å². The van der Waals surface area contributed by atoms with Crippen molar-refractivity contribution in [2.75, 3.05) is 0 Å². The van der Waals surface area contributed by atoms with E-state index in [0.717, 1.165) is 33.5 Å². The van der Waals surface area contributed by atoms with Crippen LogP contribution in [0.15, 0.2) is 146 Å². The van der Waals surface area contributed by atoms with E-state index in [4.69, 9.17) is 9.97 Å². The summed E-state index contributed by atoms with van der Waals surface area (Å²) in [5.41, 5.74) is 5.76. The van der Waals surface area contributed by atoms with Crippen molar-refractivity contribution in [2.45, 2.75) is 0 Å². The Hall–Kier alpha value is -5.68. The first-order chi connectivity index (χ1) is 23.8. The second-order valence-corrected chi connectivity index (χ2v) is 14.7. The molecule has 0 radical (unpaired) electrons. The molecule has 11 rings (SSSR count). The third-order valence-corrected chi connectivity index (χ3v) is 12.2. The third kappa shape index (κ3) is 3.79. The van der Waals surface area contributed by atoms with Gasteiger partial charge in [-0.25, -0.2) is 9.97 Å². The summed E-state index contributed by atoms with van der Waals surface area (Å²) >= 11 is 3.73. The minimum atomic E-state index is 0.899. The Balaban J connectivity index is 1.14. The van der Waals surface area contributed by atoms with Crippen LogP contribution in [0.4, 0.5) is 0 Å². The zero-order valence-corrected chi connectivity index (χ0v) is 27.2. The molecule has 0 atom stereocenters. The van der Waals surface area contributed by atoms with Crippen LogP contribution >= 0.6 is 22.7 Å². The number of para-hydroxylation sites is 2. The van der Waals surface area contributed by atoms with Crippen molar-refractivity contribution < 1.29 is 0 Å². The molecule has 0 spiro atoms. The largest absolute Gasteiger partial charge is 0.244 e. The van der Waals surface area contributed by atoms with Gasteiger partial charge in [0.05, 0.1) is 22.4 Å². The van der Waals surface area contributed by atoms with E-state index in [-0.39, 0.29) is 0 Å². The summed E-state index contributed by atoms with van der Waals surface area (Å²) in [6.45, 7) is 0. The maximum absolute atomic E-state index is 5.26. The molecule has 0 fully saturated rings. The van der Waals surface area contributed by atoms with E-state index in [1.807, 2.05) is 34.8 Å². The molecular formula is C44H24N2S2. The van der Waals surface area contributed by atoms with Crippen molar-refractivity contribution in [1.82, 2.24) is 9.97 Å². The zero-order valence-electron chi connectivity index (χ0n) is 25.6. The van der Waals surface area contributed by atoms with Crippen LogP contribution in [0, 0.1) is 0 Å². The highest BCUT2D eigenvalue weighted by Crippen LogP contribution is 2.43. The summed E-state index contributed by atoms with van der Waals surface area (Å²) in [7, 11) is 0. The van der Waals surface area contributed by atoms with Gasteiger partial charge in [-0.3, -0.25) is 0 Å². The first-order valence-corrected chi connectivity index (χ1v) is 17.8. The van der Waals surface area contributed by atoms with Gasteiger partial charge in [0, 0.05) is 56.9 Å². The number of rotatable bonds is 2. The fourth-order valence-corrected chi connectivity index (χ4v) is 9.95. The summed E-state index contributed by atoms with van der Waals surface area (Å²) < 4.78 is 5.26. The number of benzene rings is 8. The Morgan fingerprint density at radius 1 is 0.354 bits per heavy atom. The predicted octanol–water partition coefficient (Wildman–Crippen LogP) is 13.2. The van der Waals surface area contributed by atoms with E-state index < -0.39 is 0 Å². The Bertz CT molecular complexity index is 3130. The quantitative estimate of drug-likeness (QED) is 0.175. The molecule has 222 valence electrons. The standard InChI is InChI=1S/C44H24N2S2/c1-5-11-38-30(7-1)32-19-17-28(24-40(32)47-38)43-42(45-36-9-3-4-10-37(36)46-43)27-16-18-29-26(23-27)14-13-25-15-20-35-33(41(25)29)21-22-34-31-8-2-6-12-39(31)48-44(34)35/h1-24H. The van der Waals surface area contributed by atoms with Crippen LogP contribution in [-0.2, 0) is 0 Å². The normalized spacial score (nSPS) is 12.2. The number of nitrogens with zero attached hydrogens (tertiary/aromatic N) is 2. The Kier molecular flexibility index (Phi) is 5.45. The van der Waals surface area contributed by atoms with Crippen molar-refractivity contribution in [3.63, 3.8) is 0 Å². The van der Waals surface area contributed by atoms with Crippen molar-refractivity contribution in [1.29, 1.82) is 0 Å². The minimum Gasteiger partial charge on any atom is -0.244 e. The van der Waals surface area contributed by atoms with Crippen molar-refractivity contribution in [2.24, 2.45) is 0 Å². The molecule has 0 aliphatic heterocycles. The van der Waals surface area contributed by atoms with Crippen LogP contribution in [0.5, 0.6) is 0 Å². The van der Waals surface area contributed by atoms with Gasteiger partial charge in [0.15, 0.2) is 0 Å². The molecule has 0 N–H and O–H groups in total. The SMILES string of the molecule is c1ccc2nc(-c3ccc4c(c3)sc3ccccc34)c(-c3ccc4c(ccc5ccc6c(ccc7c8ccccc8sc76)c54)c3)nc2c1. The molecule has 0 saturated carbocycles. The van der Waals surface area contributed by atoms with E-state index in [1.165, 1.54) is 72.7 Å². The molecule has 0 saturated heterocycles. The molecule has 0 aliphatic rings. The summed E-state index contributed by atoms with van der Waals surface area (Å²) in [5, 5.41) is 12.9. The second kappa shape index (κ2) is 9.91. The fraction of sp³-hybridized carbons (Fsp3) is 0. The highest BCUT2D eigenvalue weighted by atomic mass is 32.1. The van der Waals surface area contributed by atoms with Crippen LogP contribution in [0.1, 0.15) is 0 Å². The van der Waals surface area contributed by atoms with E-state index in [0.29, 0.717) is 0 Å². The van der Waals surface area contributed by atoms with Gasteiger partial charge in [0.1, 0.15) is 0 Å². The van der Waals surface area contributed by atoms with Gasteiger partial charge in [-0.2, -0.15) is 0 Å². The molecule has 0 bridgehead atoms. The molecule has 0 amide bonds. The Morgan fingerprint density at radius 3 is 1.67 bits per heavy atom. The average Bonchev–Trinajstić information content (AvgIpc) is 3.72. The molecule has 0 unspecified atom stereocenters. The van der Waals surface area contributed by atoms with Crippen LogP contribution < -0.4 is 0 Å². The first-order valence-electron chi connectivity index (χ1n) is 16.2. The molecular weight excluding hydrogens is 621 g/mol. The van der Waals surface area contributed by atoms with Crippen molar-refractivity contribution in [3.05, 3.63) is 146 Å². The number of thiophene rings is 2. The second-order valence-electron chi connectivity index (χ2n) is 12.5. The minimum absolute atomic E-state index is 0.899. The van der Waals surface area contributed by atoms with Crippen LogP contribution in [0.2, 0.25) is 0 Å². The fourth-order valence-electron chi connectivity index (χ4n) is 7.58. The van der Waals surface area contributed by atoms with Gasteiger partial charge in [-0.05, 0) is 63.3 Å². The molecule has 48 heavy (non-hydrogen) atoms. The summed E-state index contributed by atoms with van der Waals surface area (Å²) in [4.78, 5) is 10.5. The number of hydrogen-bond donors (Lipinski definition) is 0. The average molecular weight is 645 g/mol. The number of hydrogen-bond acceptors (Lipinski definition) is 4. The summed E-state index contributed by atoms with van der Waals surface area (Å²) in [6, 6.07) is 52.9. The lowest BCUT2D eigenvalue weighted by Crippen LogP contribution is -1.95. The zero-order chi connectivity index (χ0) is 31.3. The molecule has 4 heteroatoms. The number of aromatic nitrogens is 2. The van der Waals surface area contributed by atoms with Crippen molar-refractivity contribution in [3.8, 4) is 22.5 Å². The lowest BCUT2D eigenvalue weighted by molar-refractivity contribution is 1.30. The molecule has 8 aromatic carbocycles. The van der Waals surface area contributed by atoms with Gasteiger partial charge in [0.25, 0.3) is 0 Å². The molecule has 2 nitrogen and oxygen atoms in total. The lowest BCUT2D eigenvalue weighted by Gasteiger charge is -2.13. The first kappa shape index (κ1) is 26.4. The smallest absolute Gasteiger partial charge is 0.0973 e. The lowest BCUT2D eigenvalue weighted by atomic mass is 9.93. The van der Waals surface area contributed by atoms with E-state index in [9.17, 15) is 0 Å². The van der Waals surface area contributed by atoms with E-state index in [2.05, 4.69) is 133 Å². The predicted molar refractivity (Wildman–Crippen MR) is 209 cm³/mol. The van der Waals surface area contributed by atoms with Gasteiger partial charge >= 0.3 is 0 Å². The van der Waals surface area contributed by atoms with Crippen LogP contribution in [0.3, 0.4) is 0 Å². The van der Waals surface area contributed by atoms with Gasteiger partial charge in [0.2, 0.25) is 0 Å². The number of fused-ring (bicyclic) bond motifs is 13. The van der Waals surface area contributed by atoms with Crippen LogP contribution in [-0.4, -0.2) is 9.97 Å². The third-order valence-electron chi connectivity index (χ3n) is 9.83. The van der Waals surface area contributed by atoms with E-state index >= 15 is 0 Å². The van der Waals surface area contributed by atoms with Crippen molar-refractivity contribution >= 4 is 106 Å².